The van der Waals surface area contributed by atoms with E-state index in [2.05, 4.69) is 0 Å². The SMILES string of the molecule is O=C(O)N1CCCN(C(=O)N2CCN(CC(F)(F)F)CC2)CCC1. The normalized spacial score (nSPS) is 21.4. The molecule has 0 aliphatic carbocycles. The van der Waals surface area contributed by atoms with Crippen LogP contribution in [0.1, 0.15) is 12.8 Å². The third-order valence-electron chi connectivity index (χ3n) is 4.30. The van der Waals surface area contributed by atoms with Crippen molar-refractivity contribution in [1.82, 2.24) is 19.6 Å². The van der Waals surface area contributed by atoms with Gasteiger partial charge in [0.05, 0.1) is 6.54 Å². The number of nitrogens with zero attached hydrogens (tertiary/aromatic N) is 4. The fourth-order valence-electron chi connectivity index (χ4n) is 3.06. The third kappa shape index (κ3) is 5.43. The zero-order chi connectivity index (χ0) is 17.7. The molecule has 0 aromatic rings. The molecule has 0 unspecified atom stereocenters. The lowest BCUT2D eigenvalue weighted by atomic mass is 10.2. The van der Waals surface area contributed by atoms with Crippen LogP contribution in [0.3, 0.4) is 0 Å². The molecule has 2 rings (SSSR count). The minimum atomic E-state index is -4.22. The topological polar surface area (TPSA) is 67.3 Å². The molecule has 1 N–H and O–H groups in total. The third-order valence-corrected chi connectivity index (χ3v) is 4.30. The number of hydrogen-bond donors (Lipinski definition) is 1. The van der Waals surface area contributed by atoms with Crippen LogP contribution in [0.4, 0.5) is 22.8 Å². The number of carbonyl (C=O) groups is 2. The highest BCUT2D eigenvalue weighted by Gasteiger charge is 2.33. The monoisotopic (exact) mass is 352 g/mol. The van der Waals surface area contributed by atoms with Gasteiger partial charge in [-0.3, -0.25) is 4.90 Å². The van der Waals surface area contributed by atoms with Crippen molar-refractivity contribution in [2.45, 2.75) is 19.0 Å². The maximum absolute atomic E-state index is 12.5. The van der Waals surface area contributed by atoms with Gasteiger partial charge in [0.15, 0.2) is 0 Å². The molecule has 0 atom stereocenters. The summed E-state index contributed by atoms with van der Waals surface area (Å²) in [6, 6.07) is -0.162. The Hall–Kier alpha value is -1.71. The lowest BCUT2D eigenvalue weighted by Gasteiger charge is -2.38. The molecule has 2 saturated heterocycles. The molecule has 24 heavy (non-hydrogen) atoms. The van der Waals surface area contributed by atoms with E-state index in [1.165, 1.54) is 9.80 Å². The van der Waals surface area contributed by atoms with Crippen LogP contribution in [0.25, 0.3) is 0 Å². The molecule has 2 fully saturated rings. The Kier molecular flexibility index (Phi) is 6.14. The number of amides is 3. The second kappa shape index (κ2) is 7.91. The van der Waals surface area contributed by atoms with Gasteiger partial charge in [0.2, 0.25) is 0 Å². The van der Waals surface area contributed by atoms with E-state index >= 15 is 0 Å². The van der Waals surface area contributed by atoms with Crippen molar-refractivity contribution in [3.8, 4) is 0 Å². The molecule has 0 radical (unpaired) electrons. The minimum Gasteiger partial charge on any atom is -0.465 e. The minimum absolute atomic E-state index is 0.162. The largest absolute Gasteiger partial charge is 0.465 e. The van der Waals surface area contributed by atoms with E-state index in [9.17, 15) is 22.8 Å². The Morgan fingerprint density at radius 1 is 0.792 bits per heavy atom. The van der Waals surface area contributed by atoms with E-state index in [0.717, 1.165) is 0 Å². The molecule has 3 amide bonds. The van der Waals surface area contributed by atoms with Crippen molar-refractivity contribution in [1.29, 1.82) is 0 Å². The summed E-state index contributed by atoms with van der Waals surface area (Å²) in [5, 5.41) is 8.99. The first-order chi connectivity index (χ1) is 11.3. The highest BCUT2D eigenvalue weighted by molar-refractivity contribution is 5.74. The first kappa shape index (κ1) is 18.6. The fourth-order valence-corrected chi connectivity index (χ4v) is 3.06. The quantitative estimate of drug-likeness (QED) is 0.774. The van der Waals surface area contributed by atoms with Gasteiger partial charge in [-0.05, 0) is 12.8 Å². The van der Waals surface area contributed by atoms with Gasteiger partial charge in [-0.25, -0.2) is 9.59 Å². The van der Waals surface area contributed by atoms with Crippen molar-refractivity contribution in [3.05, 3.63) is 0 Å². The predicted molar refractivity (Wildman–Crippen MR) is 79.9 cm³/mol. The second-order valence-corrected chi connectivity index (χ2v) is 6.12. The zero-order valence-electron chi connectivity index (χ0n) is 13.5. The molecule has 0 bridgehead atoms. The number of carbonyl (C=O) groups excluding carboxylic acids is 1. The Morgan fingerprint density at radius 3 is 1.71 bits per heavy atom. The molecule has 0 saturated carbocycles. The molecular formula is C14H23F3N4O3. The standard InChI is InChI=1S/C14H23F3N4O3/c15-14(16,17)11-18-7-9-20(10-8-18)12(22)19-3-1-5-21(13(23)24)6-2-4-19/h1-11H2,(H,23,24). The molecule has 138 valence electrons. The average Bonchev–Trinajstić information content (AvgIpc) is 2.45. The summed E-state index contributed by atoms with van der Waals surface area (Å²) in [5.74, 6) is 0. The van der Waals surface area contributed by atoms with Crippen LogP contribution in [0, 0.1) is 0 Å². The van der Waals surface area contributed by atoms with Gasteiger partial charge in [-0.1, -0.05) is 0 Å². The van der Waals surface area contributed by atoms with Crippen LogP contribution in [0.5, 0.6) is 0 Å². The lowest BCUT2D eigenvalue weighted by molar-refractivity contribution is -0.148. The first-order valence-electron chi connectivity index (χ1n) is 8.07. The summed E-state index contributed by atoms with van der Waals surface area (Å²) in [6.45, 7) is 1.76. The molecule has 10 heteroatoms. The zero-order valence-corrected chi connectivity index (χ0v) is 13.5. The van der Waals surface area contributed by atoms with Crippen LogP contribution < -0.4 is 0 Å². The Balaban J connectivity index is 1.79. The van der Waals surface area contributed by atoms with Crippen molar-refractivity contribution in [2.24, 2.45) is 0 Å². The van der Waals surface area contributed by atoms with E-state index in [0.29, 0.717) is 39.0 Å². The van der Waals surface area contributed by atoms with E-state index < -0.39 is 18.8 Å². The summed E-state index contributed by atoms with van der Waals surface area (Å²) >= 11 is 0. The molecule has 7 nitrogen and oxygen atoms in total. The molecule has 2 aliphatic heterocycles. The van der Waals surface area contributed by atoms with E-state index in [1.54, 1.807) is 9.80 Å². The summed E-state index contributed by atoms with van der Waals surface area (Å²) < 4.78 is 37.1. The van der Waals surface area contributed by atoms with Crippen LogP contribution in [-0.2, 0) is 0 Å². The summed E-state index contributed by atoms with van der Waals surface area (Å²) in [5.41, 5.74) is 0. The van der Waals surface area contributed by atoms with Gasteiger partial charge in [0, 0.05) is 52.4 Å². The average molecular weight is 352 g/mol. The van der Waals surface area contributed by atoms with E-state index in [4.69, 9.17) is 5.11 Å². The molecule has 2 heterocycles. The van der Waals surface area contributed by atoms with E-state index in [1.807, 2.05) is 0 Å². The molecule has 2 aliphatic rings. The number of hydrogen-bond acceptors (Lipinski definition) is 3. The first-order valence-corrected chi connectivity index (χ1v) is 8.07. The van der Waals surface area contributed by atoms with Crippen molar-refractivity contribution >= 4 is 12.1 Å². The van der Waals surface area contributed by atoms with Crippen LogP contribution in [0.2, 0.25) is 0 Å². The van der Waals surface area contributed by atoms with Crippen LogP contribution in [-0.4, -0.2) is 102 Å². The van der Waals surface area contributed by atoms with Crippen LogP contribution in [0.15, 0.2) is 0 Å². The maximum Gasteiger partial charge on any atom is 0.407 e. The predicted octanol–water partition coefficient (Wildman–Crippen LogP) is 1.36. The molecule has 0 aromatic carbocycles. The lowest BCUT2D eigenvalue weighted by Crippen LogP contribution is -2.55. The molecular weight excluding hydrogens is 329 g/mol. The number of piperazine rings is 1. The Morgan fingerprint density at radius 2 is 1.25 bits per heavy atom. The van der Waals surface area contributed by atoms with Gasteiger partial charge < -0.3 is 19.8 Å². The smallest absolute Gasteiger partial charge is 0.407 e. The summed E-state index contributed by atoms with van der Waals surface area (Å²) in [6.07, 6.45) is -4.04. The van der Waals surface area contributed by atoms with Gasteiger partial charge in [-0.2, -0.15) is 13.2 Å². The summed E-state index contributed by atoms with van der Waals surface area (Å²) in [4.78, 5) is 29.4. The van der Waals surface area contributed by atoms with Crippen molar-refractivity contribution < 1.29 is 27.9 Å². The van der Waals surface area contributed by atoms with Gasteiger partial charge in [0.1, 0.15) is 0 Å². The number of alkyl halides is 3. The van der Waals surface area contributed by atoms with E-state index in [-0.39, 0.29) is 32.2 Å². The molecule has 0 spiro atoms. The van der Waals surface area contributed by atoms with Crippen molar-refractivity contribution in [3.63, 3.8) is 0 Å². The maximum atomic E-state index is 12.5. The summed E-state index contributed by atoms with van der Waals surface area (Å²) in [7, 11) is 0. The van der Waals surface area contributed by atoms with Crippen LogP contribution >= 0.6 is 0 Å². The number of halogens is 3. The van der Waals surface area contributed by atoms with Gasteiger partial charge >= 0.3 is 18.3 Å². The molecule has 0 aromatic heterocycles. The second-order valence-electron chi connectivity index (χ2n) is 6.12. The number of urea groups is 1. The van der Waals surface area contributed by atoms with Gasteiger partial charge in [0.25, 0.3) is 0 Å². The highest BCUT2D eigenvalue weighted by atomic mass is 19.4. The number of rotatable bonds is 1. The highest BCUT2D eigenvalue weighted by Crippen LogP contribution is 2.18. The Bertz CT molecular complexity index is 443. The fraction of sp³-hybridized carbons (Fsp3) is 0.857. The van der Waals surface area contributed by atoms with Gasteiger partial charge in [-0.15, -0.1) is 0 Å². The Labute approximate surface area is 138 Å². The number of carboxylic acid groups (broad SMARTS) is 1. The van der Waals surface area contributed by atoms with Crippen molar-refractivity contribution in [2.75, 3.05) is 58.9 Å².